The van der Waals surface area contributed by atoms with Crippen LogP contribution in [0.15, 0.2) is 267 Å². The molecule has 2 aliphatic rings. The molecular formula is C71H44N2. The van der Waals surface area contributed by atoms with Gasteiger partial charge in [-0.1, -0.05) is 218 Å². The number of benzene rings is 13. The number of nitrogens with zero attached hydrogens (tertiary/aromatic N) is 2. The van der Waals surface area contributed by atoms with E-state index in [1.807, 2.05) is 0 Å². The molecular weight excluding hydrogens is 881 g/mol. The second-order valence-corrected chi connectivity index (χ2v) is 19.8. The summed E-state index contributed by atoms with van der Waals surface area (Å²) in [6.45, 7) is 0. The van der Waals surface area contributed by atoms with Crippen LogP contribution in [-0.2, 0) is 5.41 Å². The van der Waals surface area contributed by atoms with E-state index >= 15 is 0 Å². The van der Waals surface area contributed by atoms with Crippen LogP contribution in [-0.4, -0.2) is 4.57 Å². The fourth-order valence-corrected chi connectivity index (χ4v) is 13.5. The largest absolute Gasteiger partial charge is 0.308 e. The molecule has 1 aromatic heterocycles. The van der Waals surface area contributed by atoms with Crippen LogP contribution in [0.4, 0.5) is 17.1 Å². The molecule has 0 bridgehead atoms. The topological polar surface area (TPSA) is 8.17 Å². The number of fused-ring (bicyclic) bond motifs is 20. The molecule has 1 heterocycles. The molecule has 0 amide bonds. The van der Waals surface area contributed by atoms with Gasteiger partial charge in [0.2, 0.25) is 0 Å². The number of hydrogen-bond acceptors (Lipinski definition) is 1. The first-order valence-electron chi connectivity index (χ1n) is 25.4. The molecule has 0 radical (unpaired) electrons. The molecule has 338 valence electrons. The number of para-hydroxylation sites is 3. The monoisotopic (exact) mass is 924 g/mol. The van der Waals surface area contributed by atoms with Crippen LogP contribution in [0.2, 0.25) is 0 Å². The minimum atomic E-state index is -0.555. The van der Waals surface area contributed by atoms with Gasteiger partial charge in [-0.15, -0.1) is 0 Å². The van der Waals surface area contributed by atoms with Crippen molar-refractivity contribution >= 4 is 82.0 Å². The maximum Gasteiger partial charge on any atom is 0.0782 e. The maximum absolute atomic E-state index is 2.62. The number of rotatable bonds is 5. The van der Waals surface area contributed by atoms with E-state index in [-0.39, 0.29) is 0 Å². The molecule has 73 heavy (non-hydrogen) atoms. The molecule has 0 unspecified atom stereocenters. The number of hydrogen-bond donors (Lipinski definition) is 0. The molecule has 0 aliphatic heterocycles. The molecule has 2 nitrogen and oxygen atoms in total. The summed E-state index contributed by atoms with van der Waals surface area (Å²) in [4.78, 5) is 2.62. The number of aromatic nitrogens is 1. The molecule has 0 fully saturated rings. The quantitative estimate of drug-likeness (QED) is 0.156. The highest BCUT2D eigenvalue weighted by molar-refractivity contribution is 6.26. The zero-order valence-corrected chi connectivity index (χ0v) is 39.8. The Morgan fingerprint density at radius 3 is 1.45 bits per heavy atom. The summed E-state index contributed by atoms with van der Waals surface area (Å²) >= 11 is 0. The SMILES string of the molecule is c1ccc(-n2c3ccccc3c3cccc(N(c4ccc5c6ccccc6c6ccccc6c5c4)c4cc5c(cc4-c4cccc6ccccc46)-c4ccccc4C54c5ccccc5-c5ccccc54)c32)cc1. The highest BCUT2D eigenvalue weighted by atomic mass is 15.2. The van der Waals surface area contributed by atoms with Crippen molar-refractivity contribution in [1.29, 1.82) is 0 Å². The predicted octanol–water partition coefficient (Wildman–Crippen LogP) is 18.9. The average molecular weight is 925 g/mol. The van der Waals surface area contributed by atoms with Crippen LogP contribution in [0.3, 0.4) is 0 Å². The van der Waals surface area contributed by atoms with E-state index in [0.717, 1.165) is 28.3 Å². The Labute approximate surface area is 422 Å². The summed E-state index contributed by atoms with van der Waals surface area (Å²) in [5.74, 6) is 0. The van der Waals surface area contributed by atoms with Gasteiger partial charge in [0, 0.05) is 27.7 Å². The Bertz CT molecular complexity index is 4550. The molecule has 16 rings (SSSR count). The van der Waals surface area contributed by atoms with E-state index in [0.29, 0.717) is 0 Å². The molecule has 2 heteroatoms. The van der Waals surface area contributed by atoms with E-state index in [9.17, 15) is 0 Å². The Morgan fingerprint density at radius 2 is 0.767 bits per heavy atom. The first-order valence-corrected chi connectivity index (χ1v) is 25.4. The second kappa shape index (κ2) is 15.3. The van der Waals surface area contributed by atoms with Gasteiger partial charge < -0.3 is 9.47 Å². The van der Waals surface area contributed by atoms with Crippen LogP contribution in [0.5, 0.6) is 0 Å². The Morgan fingerprint density at radius 1 is 0.274 bits per heavy atom. The summed E-state index contributed by atoms with van der Waals surface area (Å²) < 4.78 is 2.49. The van der Waals surface area contributed by atoms with Crippen molar-refractivity contribution in [2.75, 3.05) is 4.90 Å². The number of anilines is 3. The van der Waals surface area contributed by atoms with Gasteiger partial charge in [0.15, 0.2) is 0 Å². The van der Waals surface area contributed by atoms with Crippen LogP contribution < -0.4 is 4.90 Å². The lowest BCUT2D eigenvalue weighted by Gasteiger charge is -2.34. The van der Waals surface area contributed by atoms with Crippen molar-refractivity contribution in [1.82, 2.24) is 4.57 Å². The van der Waals surface area contributed by atoms with Gasteiger partial charge in [-0.2, -0.15) is 0 Å². The first-order chi connectivity index (χ1) is 36.3. The van der Waals surface area contributed by atoms with E-state index in [1.165, 1.54) is 115 Å². The highest BCUT2D eigenvalue weighted by Gasteiger charge is 2.52. The van der Waals surface area contributed by atoms with E-state index < -0.39 is 5.41 Å². The van der Waals surface area contributed by atoms with Crippen molar-refractivity contribution in [3.8, 4) is 39.1 Å². The molecule has 0 saturated heterocycles. The fraction of sp³-hybridized carbons (Fsp3) is 0.0141. The van der Waals surface area contributed by atoms with Crippen molar-refractivity contribution in [2.45, 2.75) is 5.41 Å². The molecule has 2 aliphatic carbocycles. The smallest absolute Gasteiger partial charge is 0.0782 e. The Kier molecular flexibility index (Phi) is 8.41. The van der Waals surface area contributed by atoms with Gasteiger partial charge in [-0.3, -0.25) is 0 Å². The predicted molar refractivity (Wildman–Crippen MR) is 307 cm³/mol. The first kappa shape index (κ1) is 40.3. The third-order valence-corrected chi connectivity index (χ3v) is 16.3. The summed E-state index contributed by atoms with van der Waals surface area (Å²) in [6.07, 6.45) is 0. The fourth-order valence-electron chi connectivity index (χ4n) is 13.5. The molecule has 1 spiro atoms. The van der Waals surface area contributed by atoms with Crippen LogP contribution in [0, 0.1) is 0 Å². The lowest BCUT2D eigenvalue weighted by Crippen LogP contribution is -2.26. The highest BCUT2D eigenvalue weighted by Crippen LogP contribution is 2.64. The summed E-state index contributed by atoms with van der Waals surface area (Å²) in [5, 5.41) is 12.3. The minimum absolute atomic E-state index is 0.555. The van der Waals surface area contributed by atoms with E-state index in [2.05, 4.69) is 276 Å². The third kappa shape index (κ3) is 5.47. The maximum atomic E-state index is 2.62. The summed E-state index contributed by atoms with van der Waals surface area (Å²) in [5.41, 5.74) is 19.0. The standard InChI is InChI=1S/C71H44N2/c1-2-22-46(23-3-1)73-67-38-17-13-32-58(67)59-34-19-39-68(70(59)73)72(47-40-41-54-52-27-7-6-25-50(52)51-26-8-9-28-53(51)60(54)42-47)69-44-66-61(43-62(69)49-33-18-21-45-20-4-5-24-48(45)49)57-31-12-16-37-65(57)71(66)63-35-14-10-29-55(63)56-30-11-15-36-64(56)71/h1-44H. The zero-order valence-electron chi connectivity index (χ0n) is 39.8. The van der Waals surface area contributed by atoms with Gasteiger partial charge in [0.25, 0.3) is 0 Å². The Balaban J connectivity index is 1.11. The lowest BCUT2D eigenvalue weighted by molar-refractivity contribution is 0.794. The molecule has 13 aromatic carbocycles. The van der Waals surface area contributed by atoms with E-state index in [1.54, 1.807) is 0 Å². The van der Waals surface area contributed by atoms with Crippen LogP contribution in [0.1, 0.15) is 22.3 Å². The van der Waals surface area contributed by atoms with Crippen molar-refractivity contribution in [3.05, 3.63) is 289 Å². The van der Waals surface area contributed by atoms with Gasteiger partial charge >= 0.3 is 0 Å². The van der Waals surface area contributed by atoms with Crippen molar-refractivity contribution in [2.24, 2.45) is 0 Å². The normalized spacial score (nSPS) is 13.0. The summed E-state index contributed by atoms with van der Waals surface area (Å²) in [6, 6.07) is 100. The van der Waals surface area contributed by atoms with Gasteiger partial charge in [-0.25, -0.2) is 0 Å². The third-order valence-electron chi connectivity index (χ3n) is 16.3. The summed E-state index contributed by atoms with van der Waals surface area (Å²) in [7, 11) is 0. The average Bonchev–Trinajstić information content (AvgIpc) is 4.14. The molecule has 0 atom stereocenters. The molecule has 0 saturated carbocycles. The van der Waals surface area contributed by atoms with Gasteiger partial charge in [0.05, 0.1) is 27.8 Å². The molecule has 14 aromatic rings. The van der Waals surface area contributed by atoms with Gasteiger partial charge in [-0.05, 0) is 142 Å². The van der Waals surface area contributed by atoms with Crippen LogP contribution >= 0.6 is 0 Å². The lowest BCUT2D eigenvalue weighted by atomic mass is 9.70. The minimum Gasteiger partial charge on any atom is -0.308 e. The zero-order chi connectivity index (χ0) is 47.8. The Hall–Kier alpha value is -9.50. The van der Waals surface area contributed by atoms with Crippen molar-refractivity contribution < 1.29 is 0 Å². The second-order valence-electron chi connectivity index (χ2n) is 19.8. The van der Waals surface area contributed by atoms with Crippen molar-refractivity contribution in [3.63, 3.8) is 0 Å². The van der Waals surface area contributed by atoms with Crippen LogP contribution in [0.25, 0.3) is 104 Å². The van der Waals surface area contributed by atoms with Gasteiger partial charge in [0.1, 0.15) is 0 Å². The molecule has 0 N–H and O–H groups in total. The van der Waals surface area contributed by atoms with E-state index in [4.69, 9.17) is 0 Å².